The minimum atomic E-state index is 0.673. The van der Waals surface area contributed by atoms with Crippen molar-refractivity contribution < 1.29 is 0 Å². The summed E-state index contributed by atoms with van der Waals surface area (Å²) in [7, 11) is 0. The lowest BCUT2D eigenvalue weighted by atomic mass is 10.3. The molecule has 0 aliphatic heterocycles. The van der Waals surface area contributed by atoms with Gasteiger partial charge in [0.15, 0.2) is 15.2 Å². The number of para-hydroxylation sites is 1. The Morgan fingerprint density at radius 3 is 2.80 bits per heavy atom. The second kappa shape index (κ2) is 6.17. The molecule has 0 atom stereocenters. The molecule has 0 spiro atoms. The van der Waals surface area contributed by atoms with Crippen LogP contribution >= 0.6 is 34.4 Å². The Bertz CT molecular complexity index is 1130. The Hall–Kier alpha value is -2.36. The second-order valence-electron chi connectivity index (χ2n) is 5.17. The van der Waals surface area contributed by atoms with Crippen LogP contribution in [-0.2, 0) is 5.75 Å². The average Bonchev–Trinajstić information content (AvgIpc) is 3.34. The highest BCUT2D eigenvalue weighted by atomic mass is 32.2. The second-order valence-corrected chi connectivity index (χ2v) is 8.38. The normalized spacial score (nSPS) is 11.5. The van der Waals surface area contributed by atoms with Crippen molar-refractivity contribution in [3.63, 3.8) is 0 Å². The summed E-state index contributed by atoms with van der Waals surface area (Å²) in [5.41, 5.74) is 1.88. The van der Waals surface area contributed by atoms with Crippen molar-refractivity contribution in [1.82, 2.24) is 29.8 Å². The van der Waals surface area contributed by atoms with E-state index in [4.69, 9.17) is 0 Å². The molecule has 5 aromatic rings. The van der Waals surface area contributed by atoms with Crippen molar-refractivity contribution in [3.05, 3.63) is 54.5 Å². The first-order chi connectivity index (χ1) is 12.4. The number of pyridine rings is 1. The molecule has 0 saturated carbocycles. The lowest BCUT2D eigenvalue weighted by Crippen LogP contribution is -1.94. The highest BCUT2D eigenvalue weighted by Gasteiger charge is 2.14. The molecule has 0 radical (unpaired) electrons. The fraction of sp³-hybridized carbons (Fsp3) is 0.0625. The van der Waals surface area contributed by atoms with E-state index in [-0.39, 0.29) is 0 Å². The van der Waals surface area contributed by atoms with E-state index in [1.807, 2.05) is 36.4 Å². The minimum Gasteiger partial charge on any atom is -0.254 e. The van der Waals surface area contributed by atoms with Gasteiger partial charge in [0.2, 0.25) is 4.96 Å². The molecular weight excluding hydrogens is 372 g/mol. The van der Waals surface area contributed by atoms with Gasteiger partial charge in [-0.15, -0.1) is 21.5 Å². The average molecular weight is 382 g/mol. The van der Waals surface area contributed by atoms with E-state index < -0.39 is 0 Å². The maximum atomic E-state index is 4.64. The maximum Gasteiger partial charge on any atom is 0.235 e. The number of hydrogen-bond acceptors (Lipinski definition) is 8. The smallest absolute Gasteiger partial charge is 0.235 e. The van der Waals surface area contributed by atoms with E-state index in [2.05, 4.69) is 31.3 Å². The largest absolute Gasteiger partial charge is 0.254 e. The number of rotatable bonds is 4. The molecule has 0 amide bonds. The molecule has 0 unspecified atom stereocenters. The van der Waals surface area contributed by atoms with Gasteiger partial charge in [0.25, 0.3) is 0 Å². The quantitative estimate of drug-likeness (QED) is 0.435. The van der Waals surface area contributed by atoms with Gasteiger partial charge in [-0.2, -0.15) is 9.61 Å². The van der Waals surface area contributed by atoms with E-state index in [9.17, 15) is 0 Å². The maximum absolute atomic E-state index is 4.64. The molecule has 6 nitrogen and oxygen atoms in total. The first-order valence-electron chi connectivity index (χ1n) is 7.48. The molecule has 1 aromatic carbocycles. The Kier molecular flexibility index (Phi) is 3.69. The lowest BCUT2D eigenvalue weighted by molar-refractivity contribution is 0.885. The van der Waals surface area contributed by atoms with Gasteiger partial charge < -0.3 is 0 Å². The lowest BCUT2D eigenvalue weighted by Gasteiger charge is -1.94. The Labute approximate surface area is 154 Å². The van der Waals surface area contributed by atoms with Gasteiger partial charge in [0, 0.05) is 6.20 Å². The van der Waals surface area contributed by atoms with Gasteiger partial charge >= 0.3 is 0 Å². The molecule has 25 heavy (non-hydrogen) atoms. The highest BCUT2D eigenvalue weighted by molar-refractivity contribution is 8.00. The van der Waals surface area contributed by atoms with Gasteiger partial charge in [-0.1, -0.05) is 41.3 Å². The number of aromatic nitrogens is 6. The van der Waals surface area contributed by atoms with Crippen LogP contribution in [0, 0.1) is 0 Å². The minimum absolute atomic E-state index is 0.673. The van der Waals surface area contributed by atoms with Crippen molar-refractivity contribution in [2.24, 2.45) is 0 Å². The number of thiazole rings is 1. The summed E-state index contributed by atoms with van der Waals surface area (Å²) in [5.74, 6) is 1.49. The number of nitrogens with zero attached hydrogens (tertiary/aromatic N) is 6. The molecule has 5 rings (SSSR count). The third-order valence-electron chi connectivity index (χ3n) is 3.54. The van der Waals surface area contributed by atoms with E-state index in [0.717, 1.165) is 31.3 Å². The van der Waals surface area contributed by atoms with Crippen molar-refractivity contribution in [2.45, 2.75) is 10.1 Å². The summed E-state index contributed by atoms with van der Waals surface area (Å²) in [6.07, 6.45) is 1.77. The third-order valence-corrected chi connectivity index (χ3v) is 6.64. The summed E-state index contributed by atoms with van der Waals surface area (Å²) in [4.78, 5) is 9.76. The van der Waals surface area contributed by atoms with Crippen LogP contribution in [0.1, 0.15) is 5.82 Å². The van der Waals surface area contributed by atoms with Crippen LogP contribution in [0.3, 0.4) is 0 Å². The number of thioether (sulfide) groups is 1. The van der Waals surface area contributed by atoms with Crippen LogP contribution in [0.15, 0.2) is 53.0 Å². The zero-order valence-corrected chi connectivity index (χ0v) is 15.2. The van der Waals surface area contributed by atoms with Crippen LogP contribution < -0.4 is 0 Å². The van der Waals surface area contributed by atoms with Gasteiger partial charge in [-0.3, -0.25) is 4.98 Å². The third kappa shape index (κ3) is 2.80. The van der Waals surface area contributed by atoms with Gasteiger partial charge in [-0.25, -0.2) is 4.98 Å². The summed E-state index contributed by atoms with van der Waals surface area (Å²) >= 11 is 4.84. The number of hydrogen-bond donors (Lipinski definition) is 0. The number of fused-ring (bicyclic) bond motifs is 2. The predicted octanol–water partition coefficient (Wildman–Crippen LogP) is 4.15. The van der Waals surface area contributed by atoms with E-state index in [1.165, 1.54) is 16.0 Å². The molecule has 4 heterocycles. The van der Waals surface area contributed by atoms with Gasteiger partial charge in [-0.05, 0) is 24.3 Å². The van der Waals surface area contributed by atoms with E-state index in [0.29, 0.717) is 5.75 Å². The fourth-order valence-electron chi connectivity index (χ4n) is 2.38. The zero-order chi connectivity index (χ0) is 16.6. The van der Waals surface area contributed by atoms with Crippen molar-refractivity contribution >= 4 is 49.6 Å². The Morgan fingerprint density at radius 1 is 1.00 bits per heavy atom. The van der Waals surface area contributed by atoms with Crippen LogP contribution in [0.2, 0.25) is 0 Å². The topological polar surface area (TPSA) is 68.9 Å². The van der Waals surface area contributed by atoms with Crippen LogP contribution in [-0.4, -0.2) is 29.8 Å². The van der Waals surface area contributed by atoms with Crippen LogP contribution in [0.25, 0.3) is 25.9 Å². The molecule has 0 saturated heterocycles. The molecule has 9 heteroatoms. The van der Waals surface area contributed by atoms with Crippen LogP contribution in [0.4, 0.5) is 0 Å². The highest BCUT2D eigenvalue weighted by Crippen LogP contribution is 2.31. The molecule has 0 N–H and O–H groups in total. The molecule has 0 aliphatic carbocycles. The Balaban J connectivity index is 1.42. The van der Waals surface area contributed by atoms with Crippen molar-refractivity contribution in [3.8, 4) is 10.7 Å². The molecule has 0 fully saturated rings. The summed E-state index contributed by atoms with van der Waals surface area (Å²) in [6.45, 7) is 0. The van der Waals surface area contributed by atoms with Crippen LogP contribution in [0.5, 0.6) is 0 Å². The zero-order valence-electron chi connectivity index (χ0n) is 12.7. The summed E-state index contributed by atoms with van der Waals surface area (Å²) in [6, 6.07) is 14.0. The van der Waals surface area contributed by atoms with E-state index >= 15 is 0 Å². The predicted molar refractivity (Wildman–Crippen MR) is 101 cm³/mol. The standard InChI is InChI=1S/C16H10N6S3/c1-2-7-12-10(5-1)18-16(24-12)23-9-13-19-20-15-22(13)21-14(25-15)11-6-3-4-8-17-11/h1-8H,9H2. The summed E-state index contributed by atoms with van der Waals surface area (Å²) in [5, 5.41) is 13.9. The van der Waals surface area contributed by atoms with E-state index in [1.54, 1.807) is 33.8 Å². The summed E-state index contributed by atoms with van der Waals surface area (Å²) < 4.78 is 4.02. The molecule has 0 bridgehead atoms. The first-order valence-corrected chi connectivity index (χ1v) is 10.1. The SMILES string of the molecule is c1ccc(-c2nn3c(CSc4nc5ccccc5s4)nnc3s2)nc1. The Morgan fingerprint density at radius 2 is 1.92 bits per heavy atom. The molecule has 0 aliphatic rings. The van der Waals surface area contributed by atoms with Crippen molar-refractivity contribution in [2.75, 3.05) is 0 Å². The van der Waals surface area contributed by atoms with Gasteiger partial charge in [0.05, 0.1) is 16.0 Å². The molecule has 122 valence electrons. The first kappa shape index (κ1) is 14.9. The van der Waals surface area contributed by atoms with Gasteiger partial charge in [0.1, 0.15) is 5.69 Å². The molecule has 4 aromatic heterocycles. The molecular formula is C16H10N6S3. The van der Waals surface area contributed by atoms with Crippen molar-refractivity contribution in [1.29, 1.82) is 0 Å². The monoisotopic (exact) mass is 382 g/mol. The number of benzene rings is 1. The fourth-order valence-corrected chi connectivity index (χ4v) is 5.19.